The summed E-state index contributed by atoms with van der Waals surface area (Å²) >= 11 is 1.58. The van der Waals surface area contributed by atoms with Crippen LogP contribution in [0.25, 0.3) is 0 Å². The van der Waals surface area contributed by atoms with Gasteiger partial charge in [0.1, 0.15) is 16.6 Å². The van der Waals surface area contributed by atoms with Crippen molar-refractivity contribution in [1.82, 2.24) is 10.3 Å². The first kappa shape index (κ1) is 14.1. The zero-order chi connectivity index (χ0) is 13.8. The van der Waals surface area contributed by atoms with Gasteiger partial charge in [-0.3, -0.25) is 0 Å². The highest BCUT2D eigenvalue weighted by Crippen LogP contribution is 2.24. The number of aromatic nitrogens is 1. The monoisotopic (exact) mass is 282 g/mol. The van der Waals surface area contributed by atoms with Gasteiger partial charge >= 0.3 is 0 Å². The van der Waals surface area contributed by atoms with Crippen molar-refractivity contribution < 1.29 is 8.78 Å². The fraction of sp³-hybridized carbons (Fsp3) is 0.357. The van der Waals surface area contributed by atoms with E-state index >= 15 is 0 Å². The first-order chi connectivity index (χ1) is 9.10. The van der Waals surface area contributed by atoms with E-state index < -0.39 is 11.6 Å². The second-order valence-corrected chi connectivity index (χ2v) is 5.35. The Bertz CT molecular complexity index is 508. The number of hydrogen-bond donors (Lipinski definition) is 1. The summed E-state index contributed by atoms with van der Waals surface area (Å²) in [6.07, 6.45) is 2.63. The van der Waals surface area contributed by atoms with Crippen LogP contribution in [0.3, 0.4) is 0 Å². The maximum absolute atomic E-state index is 13.2. The third-order valence-corrected chi connectivity index (χ3v) is 3.88. The number of halogens is 2. The van der Waals surface area contributed by atoms with Gasteiger partial charge in [0.05, 0.1) is 6.04 Å². The predicted molar refractivity (Wildman–Crippen MR) is 73.1 cm³/mol. The van der Waals surface area contributed by atoms with Crippen LogP contribution < -0.4 is 5.32 Å². The van der Waals surface area contributed by atoms with Gasteiger partial charge in [0.15, 0.2) is 0 Å². The molecule has 1 N–H and O–H groups in total. The predicted octanol–water partition coefficient (Wildman–Crippen LogP) is 4.22. The van der Waals surface area contributed by atoms with Crippen molar-refractivity contribution in [3.63, 3.8) is 0 Å². The van der Waals surface area contributed by atoms with E-state index in [2.05, 4.69) is 17.2 Å². The average molecular weight is 282 g/mol. The van der Waals surface area contributed by atoms with Crippen molar-refractivity contribution >= 4 is 11.3 Å². The molecule has 2 aromatic rings. The molecule has 1 aromatic heterocycles. The zero-order valence-electron chi connectivity index (χ0n) is 10.9. The Morgan fingerprint density at radius 3 is 2.47 bits per heavy atom. The average Bonchev–Trinajstić information content (AvgIpc) is 2.88. The number of rotatable bonds is 5. The first-order valence-electron chi connectivity index (χ1n) is 6.21. The normalized spacial score (nSPS) is 14.3. The summed E-state index contributed by atoms with van der Waals surface area (Å²) in [6.45, 7) is 3.95. The van der Waals surface area contributed by atoms with E-state index in [1.54, 1.807) is 17.5 Å². The van der Waals surface area contributed by atoms with Crippen LogP contribution >= 0.6 is 11.3 Å². The van der Waals surface area contributed by atoms with Crippen LogP contribution in [-0.2, 0) is 0 Å². The molecule has 1 aromatic carbocycles. The van der Waals surface area contributed by atoms with Crippen LogP contribution in [0.15, 0.2) is 29.8 Å². The topological polar surface area (TPSA) is 24.9 Å². The largest absolute Gasteiger partial charge is 0.301 e. The molecule has 5 heteroatoms. The van der Waals surface area contributed by atoms with Crippen molar-refractivity contribution in [2.45, 2.75) is 32.4 Å². The molecular weight excluding hydrogens is 266 g/mol. The molecule has 0 radical (unpaired) electrons. The molecule has 2 nitrogen and oxygen atoms in total. The van der Waals surface area contributed by atoms with E-state index in [0.717, 1.165) is 17.5 Å². The molecule has 2 atom stereocenters. The third kappa shape index (κ3) is 3.58. The molecule has 0 fully saturated rings. The van der Waals surface area contributed by atoms with Crippen molar-refractivity contribution in [2.75, 3.05) is 0 Å². The van der Waals surface area contributed by atoms with E-state index in [-0.39, 0.29) is 12.1 Å². The molecule has 0 aliphatic rings. The maximum atomic E-state index is 13.2. The highest BCUT2D eigenvalue weighted by Gasteiger charge is 2.16. The van der Waals surface area contributed by atoms with E-state index in [0.29, 0.717) is 5.56 Å². The summed E-state index contributed by atoms with van der Waals surface area (Å²) in [4.78, 5) is 4.28. The summed E-state index contributed by atoms with van der Waals surface area (Å²) in [5, 5.41) is 6.27. The van der Waals surface area contributed by atoms with Crippen LogP contribution in [0.2, 0.25) is 0 Å². The van der Waals surface area contributed by atoms with Crippen LogP contribution in [0.5, 0.6) is 0 Å². The third-order valence-electron chi connectivity index (χ3n) is 2.99. The lowest BCUT2D eigenvalue weighted by atomic mass is 10.1. The number of thiazole rings is 1. The van der Waals surface area contributed by atoms with E-state index in [4.69, 9.17) is 0 Å². The summed E-state index contributed by atoms with van der Waals surface area (Å²) in [7, 11) is 0. The molecule has 102 valence electrons. The van der Waals surface area contributed by atoms with Crippen LogP contribution in [0, 0.1) is 11.6 Å². The molecule has 0 saturated heterocycles. The summed E-state index contributed by atoms with van der Waals surface area (Å²) in [5.41, 5.74) is 0.604. The minimum absolute atomic E-state index is 0.0985. The van der Waals surface area contributed by atoms with Crippen LogP contribution in [0.4, 0.5) is 8.78 Å². The SMILES string of the molecule is CCC(NC(C)c1cc(F)cc(F)c1)c1nccs1. The summed E-state index contributed by atoms with van der Waals surface area (Å²) in [5.74, 6) is -1.10. The van der Waals surface area contributed by atoms with Crippen LogP contribution in [0.1, 0.15) is 42.9 Å². The van der Waals surface area contributed by atoms with Gasteiger partial charge in [-0.15, -0.1) is 11.3 Å². The summed E-state index contributed by atoms with van der Waals surface area (Å²) in [6, 6.07) is 3.55. The van der Waals surface area contributed by atoms with E-state index in [9.17, 15) is 8.78 Å². The number of nitrogens with zero attached hydrogens (tertiary/aromatic N) is 1. The smallest absolute Gasteiger partial charge is 0.126 e. The van der Waals surface area contributed by atoms with Gasteiger partial charge in [-0.25, -0.2) is 13.8 Å². The Kier molecular flexibility index (Phi) is 4.61. The Balaban J connectivity index is 2.13. The molecule has 1 heterocycles. The van der Waals surface area contributed by atoms with Gasteiger partial charge in [-0.2, -0.15) is 0 Å². The second-order valence-electron chi connectivity index (χ2n) is 4.42. The number of benzene rings is 1. The van der Waals surface area contributed by atoms with Gasteiger partial charge in [0.2, 0.25) is 0 Å². The van der Waals surface area contributed by atoms with Gasteiger partial charge in [-0.05, 0) is 31.0 Å². The molecule has 0 amide bonds. The molecule has 2 rings (SSSR count). The number of nitrogens with one attached hydrogen (secondary N) is 1. The highest BCUT2D eigenvalue weighted by atomic mass is 32.1. The first-order valence-corrected chi connectivity index (χ1v) is 7.09. The van der Waals surface area contributed by atoms with Gasteiger partial charge in [0.25, 0.3) is 0 Å². The molecule has 0 bridgehead atoms. The van der Waals surface area contributed by atoms with Crippen molar-refractivity contribution in [1.29, 1.82) is 0 Å². The lowest BCUT2D eigenvalue weighted by Gasteiger charge is -2.21. The second kappa shape index (κ2) is 6.21. The Hall–Kier alpha value is -1.33. The fourth-order valence-electron chi connectivity index (χ4n) is 1.99. The van der Waals surface area contributed by atoms with Gasteiger partial charge in [-0.1, -0.05) is 6.92 Å². The molecule has 0 spiro atoms. The number of hydrogen-bond acceptors (Lipinski definition) is 3. The Morgan fingerprint density at radius 1 is 1.26 bits per heavy atom. The molecular formula is C14H16F2N2S. The Morgan fingerprint density at radius 2 is 1.95 bits per heavy atom. The van der Waals surface area contributed by atoms with Crippen molar-refractivity contribution in [2.24, 2.45) is 0 Å². The highest BCUT2D eigenvalue weighted by molar-refractivity contribution is 7.09. The molecule has 19 heavy (non-hydrogen) atoms. The quantitative estimate of drug-likeness (QED) is 0.888. The summed E-state index contributed by atoms with van der Waals surface area (Å²) < 4.78 is 26.4. The van der Waals surface area contributed by atoms with E-state index in [1.807, 2.05) is 12.3 Å². The molecule has 0 aliphatic carbocycles. The van der Waals surface area contributed by atoms with Gasteiger partial charge in [0, 0.05) is 23.7 Å². The molecule has 0 aliphatic heterocycles. The lowest BCUT2D eigenvalue weighted by molar-refractivity contribution is 0.451. The fourth-order valence-corrected chi connectivity index (χ4v) is 2.78. The lowest BCUT2D eigenvalue weighted by Crippen LogP contribution is -2.24. The standard InChI is InChI=1S/C14H16F2N2S/c1-3-13(14-17-4-5-19-14)18-9(2)10-6-11(15)8-12(16)7-10/h4-9,13,18H,3H2,1-2H3. The zero-order valence-corrected chi connectivity index (χ0v) is 11.7. The van der Waals surface area contributed by atoms with Crippen molar-refractivity contribution in [3.8, 4) is 0 Å². The molecule has 0 saturated carbocycles. The minimum Gasteiger partial charge on any atom is -0.301 e. The van der Waals surface area contributed by atoms with E-state index in [1.165, 1.54) is 12.1 Å². The maximum Gasteiger partial charge on any atom is 0.126 e. The minimum atomic E-state index is -0.550. The Labute approximate surface area is 115 Å². The van der Waals surface area contributed by atoms with Crippen LogP contribution in [-0.4, -0.2) is 4.98 Å². The van der Waals surface area contributed by atoms with Gasteiger partial charge < -0.3 is 5.32 Å². The van der Waals surface area contributed by atoms with Crippen molar-refractivity contribution in [3.05, 3.63) is 52.0 Å². The molecule has 2 unspecified atom stereocenters.